The van der Waals surface area contributed by atoms with Crippen LogP contribution in [-0.2, 0) is 21.2 Å². The van der Waals surface area contributed by atoms with E-state index < -0.39 is 15.9 Å². The lowest BCUT2D eigenvalue weighted by atomic mass is 10.1. The number of carbonyl (C=O) groups is 1. The van der Waals surface area contributed by atoms with Crippen LogP contribution in [0.2, 0.25) is 0 Å². The number of anilines is 1. The van der Waals surface area contributed by atoms with Gasteiger partial charge < -0.3 is 5.32 Å². The Morgan fingerprint density at radius 3 is 2.46 bits per heavy atom. The zero-order valence-electron chi connectivity index (χ0n) is 15.1. The normalized spacial score (nSPS) is 11.6. The maximum atomic E-state index is 13.7. The summed E-state index contributed by atoms with van der Waals surface area (Å²) in [5, 5.41) is 2.73. The Balaban J connectivity index is 2.05. The summed E-state index contributed by atoms with van der Waals surface area (Å²) in [6.07, 6.45) is 1.23. The Bertz CT molecular complexity index is 897. The van der Waals surface area contributed by atoms with Crippen molar-refractivity contribution in [2.24, 2.45) is 0 Å². The molecule has 7 heteroatoms. The fourth-order valence-electron chi connectivity index (χ4n) is 2.61. The molecule has 0 aliphatic carbocycles. The highest BCUT2D eigenvalue weighted by molar-refractivity contribution is 7.88. The summed E-state index contributed by atoms with van der Waals surface area (Å²) in [7, 11) is -3.60. The van der Waals surface area contributed by atoms with E-state index in [0.29, 0.717) is 11.3 Å². The second kappa shape index (κ2) is 8.42. The van der Waals surface area contributed by atoms with Gasteiger partial charge in [0, 0.05) is 12.2 Å². The quantitative estimate of drug-likeness (QED) is 0.806. The third-order valence-electron chi connectivity index (χ3n) is 4.03. The van der Waals surface area contributed by atoms with Crippen LogP contribution in [0.15, 0.2) is 42.5 Å². The topological polar surface area (TPSA) is 66.5 Å². The van der Waals surface area contributed by atoms with Crippen LogP contribution < -0.4 is 5.32 Å². The van der Waals surface area contributed by atoms with Crippen molar-refractivity contribution in [3.8, 4) is 0 Å². The summed E-state index contributed by atoms with van der Waals surface area (Å²) < 4.78 is 38.7. The van der Waals surface area contributed by atoms with Crippen LogP contribution in [0, 0.1) is 19.7 Å². The Hall–Kier alpha value is -2.25. The van der Waals surface area contributed by atoms with Crippen molar-refractivity contribution in [1.29, 1.82) is 0 Å². The first-order valence-electron chi connectivity index (χ1n) is 8.22. The molecule has 2 aromatic rings. The molecule has 0 bridgehead atoms. The fourth-order valence-corrected chi connectivity index (χ4v) is 3.39. The highest BCUT2D eigenvalue weighted by atomic mass is 32.2. The Morgan fingerprint density at radius 1 is 1.15 bits per heavy atom. The van der Waals surface area contributed by atoms with Crippen molar-refractivity contribution in [2.45, 2.75) is 20.3 Å². The van der Waals surface area contributed by atoms with Crippen molar-refractivity contribution in [1.82, 2.24) is 4.31 Å². The molecular weight excluding hydrogens is 355 g/mol. The number of nitrogens with zero attached hydrogens (tertiary/aromatic N) is 1. The van der Waals surface area contributed by atoms with E-state index in [2.05, 4.69) is 5.32 Å². The van der Waals surface area contributed by atoms with Crippen molar-refractivity contribution >= 4 is 21.6 Å². The number of halogens is 1. The SMILES string of the molecule is Cc1ccc(NC(=O)CN(CCc2ccccc2F)S(C)(=O)=O)c(C)c1. The Kier molecular flexibility index (Phi) is 6.50. The molecule has 0 heterocycles. The largest absolute Gasteiger partial charge is 0.325 e. The standard InChI is InChI=1S/C19H23FN2O3S/c1-14-8-9-18(15(2)12-14)21-19(23)13-22(26(3,24)25)11-10-16-6-4-5-7-17(16)20/h4-9,12H,10-11,13H2,1-3H3,(H,21,23). The summed E-state index contributed by atoms with van der Waals surface area (Å²) in [6.45, 7) is 3.53. The highest BCUT2D eigenvalue weighted by Gasteiger charge is 2.21. The van der Waals surface area contributed by atoms with Crippen molar-refractivity contribution < 1.29 is 17.6 Å². The highest BCUT2D eigenvalue weighted by Crippen LogP contribution is 2.16. The van der Waals surface area contributed by atoms with Crippen molar-refractivity contribution in [2.75, 3.05) is 24.7 Å². The van der Waals surface area contributed by atoms with Crippen LogP contribution >= 0.6 is 0 Å². The zero-order chi connectivity index (χ0) is 19.3. The van der Waals surface area contributed by atoms with Crippen LogP contribution in [0.1, 0.15) is 16.7 Å². The molecule has 0 radical (unpaired) electrons. The number of benzene rings is 2. The minimum atomic E-state index is -3.60. The number of hydrogen-bond acceptors (Lipinski definition) is 3. The van der Waals surface area contributed by atoms with Gasteiger partial charge in [0.15, 0.2) is 0 Å². The number of aryl methyl sites for hydroxylation is 2. The third-order valence-corrected chi connectivity index (χ3v) is 5.28. The minimum absolute atomic E-state index is 0.0278. The molecule has 1 N–H and O–H groups in total. The van der Waals surface area contributed by atoms with E-state index in [1.165, 1.54) is 6.07 Å². The van der Waals surface area contributed by atoms with Gasteiger partial charge in [0.05, 0.1) is 12.8 Å². The van der Waals surface area contributed by atoms with E-state index in [1.54, 1.807) is 24.3 Å². The Morgan fingerprint density at radius 2 is 1.85 bits per heavy atom. The second-order valence-electron chi connectivity index (χ2n) is 6.30. The summed E-state index contributed by atoms with van der Waals surface area (Å²) in [5.41, 5.74) is 3.03. The van der Waals surface area contributed by atoms with Crippen LogP contribution in [0.25, 0.3) is 0 Å². The van der Waals surface area contributed by atoms with Crippen LogP contribution in [-0.4, -0.2) is 38.0 Å². The van der Waals surface area contributed by atoms with E-state index >= 15 is 0 Å². The number of sulfonamides is 1. The van der Waals surface area contributed by atoms with Gasteiger partial charge in [-0.05, 0) is 43.5 Å². The van der Waals surface area contributed by atoms with Crippen LogP contribution in [0.4, 0.5) is 10.1 Å². The number of amides is 1. The van der Waals surface area contributed by atoms with Gasteiger partial charge in [-0.1, -0.05) is 35.9 Å². The molecule has 0 saturated heterocycles. The monoisotopic (exact) mass is 378 g/mol. The number of carbonyl (C=O) groups excluding carboxylic acids is 1. The van der Waals surface area contributed by atoms with E-state index in [9.17, 15) is 17.6 Å². The van der Waals surface area contributed by atoms with Crippen molar-refractivity contribution in [3.05, 3.63) is 65.0 Å². The summed E-state index contributed by atoms with van der Waals surface area (Å²) in [6, 6.07) is 11.8. The molecule has 0 unspecified atom stereocenters. The van der Waals surface area contributed by atoms with Crippen LogP contribution in [0.5, 0.6) is 0 Å². The molecule has 140 valence electrons. The molecule has 5 nitrogen and oxygen atoms in total. The van der Waals surface area contributed by atoms with Crippen LogP contribution in [0.3, 0.4) is 0 Å². The first kappa shape index (κ1) is 20.1. The van der Waals surface area contributed by atoms with Gasteiger partial charge in [-0.25, -0.2) is 12.8 Å². The number of hydrogen-bond donors (Lipinski definition) is 1. The average Bonchev–Trinajstić information content (AvgIpc) is 2.54. The van der Waals surface area contributed by atoms with Gasteiger partial charge >= 0.3 is 0 Å². The first-order chi connectivity index (χ1) is 12.2. The van der Waals surface area contributed by atoms with Gasteiger partial charge in [0.2, 0.25) is 15.9 Å². The molecule has 0 saturated carbocycles. The maximum Gasteiger partial charge on any atom is 0.239 e. The number of nitrogens with one attached hydrogen (secondary N) is 1. The Labute approximate surface area is 153 Å². The second-order valence-corrected chi connectivity index (χ2v) is 8.29. The smallest absolute Gasteiger partial charge is 0.239 e. The molecule has 0 aliphatic rings. The van der Waals surface area contributed by atoms with Gasteiger partial charge in [-0.3, -0.25) is 4.79 Å². The van der Waals surface area contributed by atoms with Gasteiger partial charge in [0.1, 0.15) is 5.82 Å². The predicted molar refractivity (Wildman–Crippen MR) is 101 cm³/mol. The van der Waals surface area contributed by atoms with E-state index in [1.807, 2.05) is 26.0 Å². The summed E-state index contributed by atoms with van der Waals surface area (Å²) in [5.74, 6) is -0.823. The third kappa shape index (κ3) is 5.64. The molecule has 0 fully saturated rings. The predicted octanol–water partition coefficient (Wildman–Crippen LogP) is 2.89. The lowest BCUT2D eigenvalue weighted by Gasteiger charge is -2.20. The number of rotatable bonds is 7. The molecule has 0 atom stereocenters. The average molecular weight is 378 g/mol. The van der Waals surface area contributed by atoms with E-state index in [-0.39, 0.29) is 25.3 Å². The molecule has 2 aromatic carbocycles. The molecule has 1 amide bonds. The summed E-state index contributed by atoms with van der Waals surface area (Å²) in [4.78, 5) is 12.3. The lowest BCUT2D eigenvalue weighted by Crippen LogP contribution is -2.38. The van der Waals surface area contributed by atoms with Gasteiger partial charge in [0.25, 0.3) is 0 Å². The van der Waals surface area contributed by atoms with Crippen molar-refractivity contribution in [3.63, 3.8) is 0 Å². The molecule has 0 aliphatic heterocycles. The van der Waals surface area contributed by atoms with Gasteiger partial charge in [-0.15, -0.1) is 0 Å². The first-order valence-corrected chi connectivity index (χ1v) is 10.1. The zero-order valence-corrected chi connectivity index (χ0v) is 15.9. The molecular formula is C19H23FN2O3S. The molecule has 26 heavy (non-hydrogen) atoms. The van der Waals surface area contributed by atoms with Gasteiger partial charge in [-0.2, -0.15) is 4.31 Å². The maximum absolute atomic E-state index is 13.7. The molecule has 2 rings (SSSR count). The van der Waals surface area contributed by atoms with E-state index in [4.69, 9.17) is 0 Å². The van der Waals surface area contributed by atoms with E-state index in [0.717, 1.165) is 21.7 Å². The molecule has 0 spiro atoms. The fraction of sp³-hybridized carbons (Fsp3) is 0.316. The minimum Gasteiger partial charge on any atom is -0.325 e. The lowest BCUT2D eigenvalue weighted by molar-refractivity contribution is -0.116. The molecule has 0 aromatic heterocycles. The summed E-state index contributed by atoms with van der Waals surface area (Å²) >= 11 is 0.